The van der Waals surface area contributed by atoms with Crippen molar-refractivity contribution in [2.75, 3.05) is 23.5 Å². The zero-order valence-corrected chi connectivity index (χ0v) is 17.1. The Hall–Kier alpha value is -2.75. The number of ether oxygens (including phenoxy) is 1. The van der Waals surface area contributed by atoms with Crippen LogP contribution in [0.25, 0.3) is 0 Å². The third kappa shape index (κ3) is 4.81. The monoisotopic (exact) mass is 421 g/mol. The first-order valence-corrected chi connectivity index (χ1v) is 11.1. The number of carbonyl (C=O) groups is 3. The minimum Gasteiger partial charge on any atom is -0.448 e. The lowest BCUT2D eigenvalue weighted by Crippen LogP contribution is -2.43. The summed E-state index contributed by atoms with van der Waals surface area (Å²) in [5, 5.41) is 5.15. The molecule has 9 nitrogen and oxygen atoms in total. The van der Waals surface area contributed by atoms with Crippen molar-refractivity contribution in [1.82, 2.24) is 5.01 Å². The molecule has 1 saturated heterocycles. The highest BCUT2D eigenvalue weighted by atomic mass is 32.2. The highest BCUT2D eigenvalue weighted by Gasteiger charge is 2.38. The number of amides is 2. The Bertz CT molecular complexity index is 944. The fraction of sp³-hybridized carbons (Fsp3) is 0.474. The number of hydrazone groups is 1. The fourth-order valence-electron chi connectivity index (χ4n) is 3.30. The Morgan fingerprint density at radius 2 is 1.93 bits per heavy atom. The van der Waals surface area contributed by atoms with Crippen molar-refractivity contribution in [2.24, 2.45) is 5.10 Å². The highest BCUT2D eigenvalue weighted by molar-refractivity contribution is 7.91. The molecule has 0 unspecified atom stereocenters. The van der Waals surface area contributed by atoms with Crippen molar-refractivity contribution >= 4 is 39.0 Å². The molecule has 2 heterocycles. The lowest BCUT2D eigenvalue weighted by atomic mass is 10.1. The van der Waals surface area contributed by atoms with E-state index >= 15 is 0 Å². The first-order chi connectivity index (χ1) is 13.7. The van der Waals surface area contributed by atoms with Gasteiger partial charge < -0.3 is 9.64 Å². The predicted molar refractivity (Wildman–Crippen MR) is 106 cm³/mol. The smallest absolute Gasteiger partial charge is 0.355 e. The van der Waals surface area contributed by atoms with Crippen LogP contribution in [0.15, 0.2) is 35.4 Å². The van der Waals surface area contributed by atoms with Crippen LogP contribution >= 0.6 is 0 Å². The normalized spacial score (nSPS) is 22.0. The first-order valence-electron chi connectivity index (χ1n) is 9.31. The van der Waals surface area contributed by atoms with Gasteiger partial charge in [-0.25, -0.2) is 18.2 Å². The fourth-order valence-corrected chi connectivity index (χ4v) is 4.99. The van der Waals surface area contributed by atoms with Gasteiger partial charge in [0.1, 0.15) is 5.71 Å². The summed E-state index contributed by atoms with van der Waals surface area (Å²) < 4.78 is 28.6. The standard InChI is InChI=1S/C19H23N3O6S/c1-13(18(24)21(2)14-6-4-3-5-7-14)28-19(25)16-8-9-17(23)22(20-16)15-10-11-29(26,27)12-15/h3-7,13,15H,8-12H2,1-2H3/t13-,15-/m1/s1. The summed E-state index contributed by atoms with van der Waals surface area (Å²) in [4.78, 5) is 38.6. The summed E-state index contributed by atoms with van der Waals surface area (Å²) in [7, 11) is -1.62. The molecule has 0 aliphatic carbocycles. The van der Waals surface area contributed by atoms with Gasteiger partial charge in [0, 0.05) is 25.6 Å². The van der Waals surface area contributed by atoms with Crippen molar-refractivity contribution in [3.8, 4) is 0 Å². The first kappa shape index (κ1) is 21.0. The molecule has 0 radical (unpaired) electrons. The summed E-state index contributed by atoms with van der Waals surface area (Å²) in [5.74, 6) is -1.69. The van der Waals surface area contributed by atoms with E-state index in [1.54, 1.807) is 31.3 Å². The van der Waals surface area contributed by atoms with E-state index < -0.39 is 33.9 Å². The van der Waals surface area contributed by atoms with E-state index in [1.807, 2.05) is 6.07 Å². The average Bonchev–Trinajstić information content (AvgIpc) is 3.07. The van der Waals surface area contributed by atoms with Gasteiger partial charge in [0.05, 0.1) is 17.5 Å². The molecule has 1 fully saturated rings. The largest absolute Gasteiger partial charge is 0.448 e. The Morgan fingerprint density at radius 3 is 2.55 bits per heavy atom. The van der Waals surface area contributed by atoms with E-state index in [9.17, 15) is 22.8 Å². The maximum atomic E-state index is 12.5. The van der Waals surface area contributed by atoms with E-state index in [4.69, 9.17) is 4.74 Å². The lowest BCUT2D eigenvalue weighted by Gasteiger charge is -2.28. The molecule has 10 heteroatoms. The highest BCUT2D eigenvalue weighted by Crippen LogP contribution is 2.22. The second kappa shape index (κ2) is 8.32. The van der Waals surface area contributed by atoms with Crippen LogP contribution in [0.4, 0.5) is 5.69 Å². The summed E-state index contributed by atoms with van der Waals surface area (Å²) in [6.07, 6.45) is -0.635. The minimum atomic E-state index is -3.20. The molecule has 1 aromatic carbocycles. The average molecular weight is 421 g/mol. The van der Waals surface area contributed by atoms with E-state index in [0.29, 0.717) is 5.69 Å². The molecule has 0 spiro atoms. The Morgan fingerprint density at radius 1 is 1.24 bits per heavy atom. The van der Waals surface area contributed by atoms with Crippen LogP contribution in [-0.2, 0) is 29.0 Å². The number of para-hydroxylation sites is 1. The molecule has 0 bridgehead atoms. The Labute approximate surface area is 169 Å². The van der Waals surface area contributed by atoms with Crippen molar-refractivity contribution in [1.29, 1.82) is 0 Å². The van der Waals surface area contributed by atoms with Gasteiger partial charge >= 0.3 is 5.97 Å². The summed E-state index contributed by atoms with van der Waals surface area (Å²) >= 11 is 0. The van der Waals surface area contributed by atoms with E-state index in [-0.39, 0.29) is 42.4 Å². The minimum absolute atomic E-state index is 0.00585. The van der Waals surface area contributed by atoms with Crippen molar-refractivity contribution in [2.45, 2.75) is 38.3 Å². The van der Waals surface area contributed by atoms with Crippen LogP contribution < -0.4 is 4.90 Å². The van der Waals surface area contributed by atoms with Crippen LogP contribution in [0.1, 0.15) is 26.2 Å². The quantitative estimate of drug-likeness (QED) is 0.648. The van der Waals surface area contributed by atoms with Gasteiger partial charge in [-0.05, 0) is 25.5 Å². The van der Waals surface area contributed by atoms with Gasteiger partial charge in [-0.15, -0.1) is 0 Å². The number of carbonyl (C=O) groups excluding carboxylic acids is 3. The van der Waals surface area contributed by atoms with Crippen LogP contribution in [0.2, 0.25) is 0 Å². The number of hydrogen-bond donors (Lipinski definition) is 0. The van der Waals surface area contributed by atoms with E-state index in [0.717, 1.165) is 5.01 Å². The molecule has 156 valence electrons. The number of esters is 1. The van der Waals surface area contributed by atoms with Crippen LogP contribution in [0, 0.1) is 0 Å². The van der Waals surface area contributed by atoms with Crippen molar-refractivity contribution in [3.63, 3.8) is 0 Å². The maximum absolute atomic E-state index is 12.5. The number of benzene rings is 1. The topological polar surface area (TPSA) is 113 Å². The van der Waals surface area contributed by atoms with Gasteiger partial charge in [-0.1, -0.05) is 18.2 Å². The Kier molecular flexibility index (Phi) is 6.02. The van der Waals surface area contributed by atoms with Gasteiger partial charge in [0.25, 0.3) is 5.91 Å². The molecule has 2 aliphatic heterocycles. The summed E-state index contributed by atoms with van der Waals surface area (Å²) in [6.45, 7) is 1.47. The molecule has 2 aliphatic rings. The van der Waals surface area contributed by atoms with Gasteiger partial charge in [0.15, 0.2) is 15.9 Å². The lowest BCUT2D eigenvalue weighted by molar-refractivity contribution is -0.147. The second-order valence-electron chi connectivity index (χ2n) is 7.12. The molecule has 0 saturated carbocycles. The van der Waals surface area contributed by atoms with Gasteiger partial charge in [-0.2, -0.15) is 5.10 Å². The van der Waals surface area contributed by atoms with Gasteiger partial charge in [0.2, 0.25) is 5.91 Å². The predicted octanol–water partition coefficient (Wildman–Crippen LogP) is 0.747. The molecule has 29 heavy (non-hydrogen) atoms. The molecular weight excluding hydrogens is 398 g/mol. The second-order valence-corrected chi connectivity index (χ2v) is 9.35. The SMILES string of the molecule is C[C@@H](OC(=O)C1=NN([C@@H]2CCS(=O)(=O)C2)C(=O)CC1)C(=O)N(C)c1ccccc1. The summed E-state index contributed by atoms with van der Waals surface area (Å²) in [5.41, 5.74) is 0.672. The third-order valence-electron chi connectivity index (χ3n) is 4.96. The number of nitrogens with zero attached hydrogens (tertiary/aromatic N) is 3. The molecule has 0 aromatic heterocycles. The maximum Gasteiger partial charge on any atom is 0.355 e. The third-order valence-corrected chi connectivity index (χ3v) is 6.71. The van der Waals surface area contributed by atoms with Crippen LogP contribution in [0.5, 0.6) is 0 Å². The molecule has 2 atom stereocenters. The van der Waals surface area contributed by atoms with E-state index in [1.165, 1.54) is 11.8 Å². The number of rotatable bonds is 5. The number of anilines is 1. The Balaban J connectivity index is 1.67. The molecule has 2 amide bonds. The molecule has 3 rings (SSSR count). The summed E-state index contributed by atoms with van der Waals surface area (Å²) in [6, 6.07) is 8.37. The van der Waals surface area contributed by atoms with Gasteiger partial charge in [-0.3, -0.25) is 9.59 Å². The number of sulfone groups is 1. The van der Waals surface area contributed by atoms with Crippen LogP contribution in [0.3, 0.4) is 0 Å². The zero-order chi connectivity index (χ0) is 21.2. The molecular formula is C19H23N3O6S. The molecule has 0 N–H and O–H groups in total. The number of likely N-dealkylation sites (N-methyl/N-ethyl adjacent to an activating group) is 1. The van der Waals surface area contributed by atoms with E-state index in [2.05, 4.69) is 5.10 Å². The number of hydrogen-bond acceptors (Lipinski definition) is 7. The van der Waals surface area contributed by atoms with Crippen molar-refractivity contribution in [3.05, 3.63) is 30.3 Å². The zero-order valence-electron chi connectivity index (χ0n) is 16.3. The van der Waals surface area contributed by atoms with Crippen LogP contribution in [-0.4, -0.2) is 67.6 Å². The molecule has 1 aromatic rings. The van der Waals surface area contributed by atoms with Crippen molar-refractivity contribution < 1.29 is 27.5 Å².